The smallest absolute Gasteiger partial charge is 0.382 e. The lowest BCUT2D eigenvalue weighted by molar-refractivity contribution is -0.141. The molecule has 0 aliphatic rings. The molecule has 12 heteroatoms. The summed E-state index contributed by atoms with van der Waals surface area (Å²) in [5.74, 6) is 5.40. The number of nitrogens with zero attached hydrogens (tertiary/aromatic N) is 3. The fourth-order valence-corrected chi connectivity index (χ4v) is 4.02. The van der Waals surface area contributed by atoms with Crippen molar-refractivity contribution in [1.29, 1.82) is 0 Å². The van der Waals surface area contributed by atoms with Crippen LogP contribution in [0.3, 0.4) is 0 Å². The van der Waals surface area contributed by atoms with Crippen LogP contribution < -0.4 is 11.1 Å². The summed E-state index contributed by atoms with van der Waals surface area (Å²) in [5, 5.41) is 6.98. The Balaban J connectivity index is 2.30. The van der Waals surface area contributed by atoms with E-state index in [1.165, 1.54) is 13.0 Å². The molecule has 0 saturated heterocycles. The van der Waals surface area contributed by atoms with Gasteiger partial charge in [0.15, 0.2) is 5.82 Å². The summed E-state index contributed by atoms with van der Waals surface area (Å²) < 4.78 is 51.9. The number of pyridine rings is 1. The van der Waals surface area contributed by atoms with Crippen LogP contribution in [0.1, 0.15) is 45.1 Å². The van der Waals surface area contributed by atoms with Crippen molar-refractivity contribution in [3.05, 3.63) is 40.7 Å². The lowest BCUT2D eigenvalue weighted by Crippen LogP contribution is -2.25. The average molecular weight is 540 g/mol. The number of alkyl halides is 3. The molecular weight excluding hydrogens is 515 g/mol. The zero-order valence-electron chi connectivity index (χ0n) is 20.2. The Hall–Kier alpha value is -3.10. The van der Waals surface area contributed by atoms with Crippen LogP contribution in [0.5, 0.6) is 0 Å². The van der Waals surface area contributed by atoms with Gasteiger partial charge in [-0.05, 0) is 44.9 Å². The number of carbonyl (C=O) groups is 1. The summed E-state index contributed by atoms with van der Waals surface area (Å²) in [7, 11) is -1.22. The van der Waals surface area contributed by atoms with Crippen molar-refractivity contribution in [3.8, 4) is 23.0 Å². The molecule has 0 saturated carbocycles. The number of fused-ring (bicyclic) bond motifs is 1. The van der Waals surface area contributed by atoms with Gasteiger partial charge < -0.3 is 11.1 Å². The van der Waals surface area contributed by atoms with Gasteiger partial charge in [-0.15, -0.1) is 0 Å². The summed E-state index contributed by atoms with van der Waals surface area (Å²) in [6.07, 6.45) is -3.00. The lowest BCUT2D eigenvalue weighted by Gasteiger charge is -2.18. The maximum absolute atomic E-state index is 13.3. The van der Waals surface area contributed by atoms with Crippen molar-refractivity contribution < 1.29 is 22.2 Å². The zero-order valence-corrected chi connectivity index (χ0v) is 21.8. The summed E-state index contributed by atoms with van der Waals surface area (Å²) in [6.45, 7) is 5.15. The topological polar surface area (TPSA) is 103 Å². The first-order valence-corrected chi connectivity index (χ1v) is 12.7. The fourth-order valence-electron chi connectivity index (χ4n) is 3.57. The Labute approximate surface area is 214 Å². The van der Waals surface area contributed by atoms with Crippen LogP contribution in [0.25, 0.3) is 22.0 Å². The van der Waals surface area contributed by atoms with E-state index in [0.717, 1.165) is 4.68 Å². The molecule has 2 heterocycles. The van der Waals surface area contributed by atoms with Crippen LogP contribution in [0.15, 0.2) is 24.3 Å². The average Bonchev–Trinajstić information content (AvgIpc) is 3.07. The van der Waals surface area contributed by atoms with E-state index < -0.39 is 34.3 Å². The normalized spacial score (nSPS) is 13.7. The molecule has 0 bridgehead atoms. The van der Waals surface area contributed by atoms with Crippen molar-refractivity contribution in [2.75, 3.05) is 12.0 Å². The van der Waals surface area contributed by atoms with Gasteiger partial charge in [0.05, 0.1) is 27.7 Å². The molecule has 3 rings (SSSR count). The Morgan fingerprint density at radius 2 is 1.89 bits per heavy atom. The number of halogens is 4. The van der Waals surface area contributed by atoms with Gasteiger partial charge in [-0.3, -0.25) is 13.7 Å². The Morgan fingerprint density at radius 1 is 1.25 bits per heavy atom. The summed E-state index contributed by atoms with van der Waals surface area (Å²) in [5.41, 5.74) is 7.55. The molecule has 0 aliphatic carbocycles. The molecule has 1 aromatic carbocycles. The number of aromatic nitrogens is 3. The molecule has 2 atom stereocenters. The van der Waals surface area contributed by atoms with E-state index in [1.54, 1.807) is 45.2 Å². The number of nitrogen functional groups attached to an aromatic ring is 1. The molecule has 3 aromatic rings. The van der Waals surface area contributed by atoms with Crippen LogP contribution in [0.4, 0.5) is 19.0 Å². The Kier molecular flexibility index (Phi) is 7.72. The molecule has 0 aliphatic heterocycles. The van der Waals surface area contributed by atoms with Gasteiger partial charge in [-0.25, -0.2) is 4.98 Å². The minimum atomic E-state index is -4.55. The quantitative estimate of drug-likeness (QED) is 0.461. The highest BCUT2D eigenvalue weighted by atomic mass is 35.5. The molecule has 36 heavy (non-hydrogen) atoms. The van der Waals surface area contributed by atoms with Gasteiger partial charge in [0.1, 0.15) is 17.0 Å². The van der Waals surface area contributed by atoms with E-state index in [-0.39, 0.29) is 27.7 Å². The SMILES string of the molecule is CC(=O)NC(C)c1nc(C#CC(C)(C)S(C)=O)ccc1-c1ccc(Cl)c2c(N)nn(CC(F)(F)F)c12. The number of nitrogens with one attached hydrogen (secondary N) is 1. The second-order valence-corrected chi connectivity index (χ2v) is 11.1. The van der Waals surface area contributed by atoms with Gasteiger partial charge >= 0.3 is 6.18 Å². The number of anilines is 1. The van der Waals surface area contributed by atoms with Gasteiger partial charge in [0, 0.05) is 35.1 Å². The minimum absolute atomic E-state index is 0.0942. The summed E-state index contributed by atoms with van der Waals surface area (Å²) in [4.78, 5) is 16.4. The number of nitrogens with two attached hydrogens (primary N) is 1. The maximum Gasteiger partial charge on any atom is 0.408 e. The number of carbonyl (C=O) groups excluding carboxylic acids is 1. The molecule has 7 nitrogen and oxygen atoms in total. The molecule has 0 spiro atoms. The molecule has 0 radical (unpaired) electrons. The molecular formula is C24H25ClF3N5O2S. The minimum Gasteiger partial charge on any atom is -0.382 e. The first kappa shape index (κ1) is 27.5. The number of rotatable bonds is 5. The molecule has 2 aromatic heterocycles. The van der Waals surface area contributed by atoms with Gasteiger partial charge in [-0.2, -0.15) is 18.3 Å². The largest absolute Gasteiger partial charge is 0.408 e. The predicted octanol–water partition coefficient (Wildman–Crippen LogP) is 4.60. The van der Waals surface area contributed by atoms with Crippen LogP contribution in [0.2, 0.25) is 5.02 Å². The molecule has 1 amide bonds. The molecule has 192 valence electrons. The van der Waals surface area contributed by atoms with E-state index in [0.29, 0.717) is 22.5 Å². The first-order valence-electron chi connectivity index (χ1n) is 10.8. The number of hydrogen-bond donors (Lipinski definition) is 2. The van der Waals surface area contributed by atoms with Gasteiger partial charge in [0.2, 0.25) is 5.91 Å². The third-order valence-corrected chi connectivity index (χ3v) is 7.31. The molecule has 2 unspecified atom stereocenters. The zero-order chi connectivity index (χ0) is 27.0. The molecule has 3 N–H and O–H groups in total. The standard InChI is InChI=1S/C24H25ClF3N5O2S/c1-13(30-14(2)34)20-16(7-6-15(31-20)10-11-23(3,4)36(5)35)17-8-9-18(25)19-21(17)33(32-22(19)29)12-24(26,27)28/h6-9,13H,12H2,1-5H3,(H2,29,32)(H,30,34). The monoisotopic (exact) mass is 539 g/mol. The van der Waals surface area contributed by atoms with E-state index in [2.05, 4.69) is 27.2 Å². The number of hydrogen-bond acceptors (Lipinski definition) is 5. The van der Waals surface area contributed by atoms with Crippen molar-refractivity contribution in [1.82, 2.24) is 20.1 Å². The fraction of sp³-hybridized carbons (Fsp3) is 0.375. The van der Waals surface area contributed by atoms with E-state index in [9.17, 15) is 22.2 Å². The van der Waals surface area contributed by atoms with E-state index in [1.807, 2.05) is 0 Å². The summed E-state index contributed by atoms with van der Waals surface area (Å²) in [6, 6.07) is 5.73. The second-order valence-electron chi connectivity index (χ2n) is 8.74. The second kappa shape index (κ2) is 10.1. The summed E-state index contributed by atoms with van der Waals surface area (Å²) >= 11 is 6.28. The highest BCUT2D eigenvalue weighted by Crippen LogP contribution is 2.39. The van der Waals surface area contributed by atoms with E-state index in [4.69, 9.17) is 17.3 Å². The van der Waals surface area contributed by atoms with Crippen LogP contribution in [-0.2, 0) is 22.1 Å². The Bertz CT molecular complexity index is 1420. The third-order valence-electron chi connectivity index (χ3n) is 5.45. The van der Waals surface area contributed by atoms with Crippen molar-refractivity contribution in [2.24, 2.45) is 0 Å². The van der Waals surface area contributed by atoms with Crippen LogP contribution in [0, 0.1) is 11.8 Å². The highest BCUT2D eigenvalue weighted by Gasteiger charge is 2.31. The van der Waals surface area contributed by atoms with Crippen molar-refractivity contribution in [3.63, 3.8) is 0 Å². The van der Waals surface area contributed by atoms with Crippen LogP contribution in [-0.4, -0.2) is 42.1 Å². The van der Waals surface area contributed by atoms with Crippen molar-refractivity contribution >= 4 is 45.0 Å². The lowest BCUT2D eigenvalue weighted by atomic mass is 9.97. The van der Waals surface area contributed by atoms with E-state index >= 15 is 0 Å². The van der Waals surface area contributed by atoms with Gasteiger partial charge in [0.25, 0.3) is 0 Å². The molecule has 0 fully saturated rings. The van der Waals surface area contributed by atoms with Crippen molar-refractivity contribution in [2.45, 2.75) is 51.2 Å². The third kappa shape index (κ3) is 5.99. The van der Waals surface area contributed by atoms with Gasteiger partial charge in [-0.1, -0.05) is 23.6 Å². The number of benzene rings is 1. The maximum atomic E-state index is 13.3. The van der Waals surface area contributed by atoms with Crippen LogP contribution >= 0.6 is 11.6 Å². The number of amides is 1. The first-order chi connectivity index (χ1) is 16.6. The predicted molar refractivity (Wildman–Crippen MR) is 136 cm³/mol. The highest BCUT2D eigenvalue weighted by molar-refractivity contribution is 7.85. The Morgan fingerprint density at radius 3 is 2.47 bits per heavy atom.